The van der Waals surface area contributed by atoms with Crippen molar-refractivity contribution in [3.05, 3.63) is 0 Å². The molecule has 1 aliphatic carbocycles. The number of hydrogen-bond acceptors (Lipinski definition) is 1. The summed E-state index contributed by atoms with van der Waals surface area (Å²) in [7, 11) is 3.96. The standard InChI is InChI=1S/C10H20N2/c1-12(2)10(11)9-7-5-3-4-6-8-9/h9,11H,3-8H2,1-2H3. The molecule has 0 amide bonds. The first-order valence-electron chi connectivity index (χ1n) is 4.97. The van der Waals surface area contributed by atoms with Crippen molar-refractivity contribution < 1.29 is 0 Å². The molecule has 0 radical (unpaired) electrons. The summed E-state index contributed by atoms with van der Waals surface area (Å²) in [6.45, 7) is 0. The fraction of sp³-hybridized carbons (Fsp3) is 0.900. The molecule has 0 unspecified atom stereocenters. The number of rotatable bonds is 1. The maximum Gasteiger partial charge on any atom is 0.0984 e. The van der Waals surface area contributed by atoms with Crippen molar-refractivity contribution in [2.75, 3.05) is 14.1 Å². The smallest absolute Gasteiger partial charge is 0.0984 e. The summed E-state index contributed by atoms with van der Waals surface area (Å²) in [4.78, 5) is 1.95. The van der Waals surface area contributed by atoms with E-state index >= 15 is 0 Å². The fourth-order valence-electron chi connectivity index (χ4n) is 1.92. The lowest BCUT2D eigenvalue weighted by Gasteiger charge is -2.21. The molecule has 2 nitrogen and oxygen atoms in total. The predicted molar refractivity (Wildman–Crippen MR) is 52.6 cm³/mol. The van der Waals surface area contributed by atoms with Crippen LogP contribution in [-0.4, -0.2) is 24.8 Å². The molecular weight excluding hydrogens is 148 g/mol. The van der Waals surface area contributed by atoms with Crippen LogP contribution in [0, 0.1) is 11.3 Å². The third-order valence-corrected chi connectivity index (χ3v) is 2.72. The molecule has 0 aromatic carbocycles. The largest absolute Gasteiger partial charge is 0.366 e. The summed E-state index contributed by atoms with van der Waals surface area (Å²) >= 11 is 0. The van der Waals surface area contributed by atoms with Crippen LogP contribution in [0.2, 0.25) is 0 Å². The highest BCUT2D eigenvalue weighted by Gasteiger charge is 2.17. The average Bonchev–Trinajstić information content (AvgIpc) is 2.30. The van der Waals surface area contributed by atoms with Gasteiger partial charge in [-0.15, -0.1) is 0 Å². The lowest BCUT2D eigenvalue weighted by atomic mass is 9.99. The van der Waals surface area contributed by atoms with Crippen LogP contribution >= 0.6 is 0 Å². The second-order valence-electron chi connectivity index (χ2n) is 3.97. The second-order valence-corrected chi connectivity index (χ2v) is 3.97. The van der Waals surface area contributed by atoms with Gasteiger partial charge in [0.2, 0.25) is 0 Å². The molecule has 0 bridgehead atoms. The molecule has 1 saturated carbocycles. The zero-order chi connectivity index (χ0) is 8.97. The van der Waals surface area contributed by atoms with E-state index in [1.165, 1.54) is 38.5 Å². The van der Waals surface area contributed by atoms with E-state index in [0.717, 1.165) is 5.84 Å². The van der Waals surface area contributed by atoms with Crippen LogP contribution in [0.15, 0.2) is 0 Å². The monoisotopic (exact) mass is 168 g/mol. The van der Waals surface area contributed by atoms with Gasteiger partial charge < -0.3 is 4.90 Å². The number of nitrogens with one attached hydrogen (secondary N) is 1. The SMILES string of the molecule is CN(C)C(=N)C1CCCCCC1. The normalized spacial score (nSPS) is 20.2. The Labute approximate surface area is 75.5 Å². The molecule has 0 aromatic rings. The van der Waals surface area contributed by atoms with Crippen molar-refractivity contribution in [3.63, 3.8) is 0 Å². The molecular formula is C10H20N2. The van der Waals surface area contributed by atoms with Crippen LogP contribution in [0.5, 0.6) is 0 Å². The van der Waals surface area contributed by atoms with Gasteiger partial charge in [-0.05, 0) is 12.8 Å². The van der Waals surface area contributed by atoms with E-state index in [0.29, 0.717) is 5.92 Å². The highest BCUT2D eigenvalue weighted by molar-refractivity contribution is 5.81. The predicted octanol–water partition coefficient (Wildman–Crippen LogP) is 2.50. The van der Waals surface area contributed by atoms with Gasteiger partial charge in [0.05, 0.1) is 5.84 Å². The summed E-state index contributed by atoms with van der Waals surface area (Å²) < 4.78 is 0. The highest BCUT2D eigenvalue weighted by Crippen LogP contribution is 2.23. The summed E-state index contributed by atoms with van der Waals surface area (Å²) in [5.41, 5.74) is 0. The first-order valence-corrected chi connectivity index (χ1v) is 4.97. The molecule has 1 aliphatic rings. The van der Waals surface area contributed by atoms with E-state index < -0.39 is 0 Å². The van der Waals surface area contributed by atoms with Crippen molar-refractivity contribution in [2.45, 2.75) is 38.5 Å². The molecule has 70 valence electrons. The average molecular weight is 168 g/mol. The maximum absolute atomic E-state index is 7.86. The van der Waals surface area contributed by atoms with Gasteiger partial charge in [-0.25, -0.2) is 0 Å². The molecule has 0 saturated heterocycles. The maximum atomic E-state index is 7.86. The summed E-state index contributed by atoms with van der Waals surface area (Å²) in [6, 6.07) is 0. The van der Waals surface area contributed by atoms with E-state index in [1.54, 1.807) is 0 Å². The van der Waals surface area contributed by atoms with Crippen LogP contribution < -0.4 is 0 Å². The minimum absolute atomic E-state index is 0.544. The number of hydrogen-bond donors (Lipinski definition) is 1. The van der Waals surface area contributed by atoms with E-state index in [-0.39, 0.29) is 0 Å². The van der Waals surface area contributed by atoms with Gasteiger partial charge >= 0.3 is 0 Å². The van der Waals surface area contributed by atoms with Crippen LogP contribution in [0.3, 0.4) is 0 Å². The molecule has 2 heteroatoms. The third-order valence-electron chi connectivity index (χ3n) is 2.72. The van der Waals surface area contributed by atoms with Crippen LogP contribution in [0.25, 0.3) is 0 Å². The molecule has 1 rings (SSSR count). The Bertz CT molecular complexity index is 144. The molecule has 1 N–H and O–H groups in total. The number of nitrogens with zero attached hydrogens (tertiary/aromatic N) is 1. The summed E-state index contributed by atoms with van der Waals surface area (Å²) in [5, 5.41) is 7.86. The van der Waals surface area contributed by atoms with Crippen LogP contribution in [0.4, 0.5) is 0 Å². The zero-order valence-corrected chi connectivity index (χ0v) is 8.27. The van der Waals surface area contributed by atoms with Gasteiger partial charge in [0.15, 0.2) is 0 Å². The topological polar surface area (TPSA) is 27.1 Å². The highest BCUT2D eigenvalue weighted by atomic mass is 15.1. The van der Waals surface area contributed by atoms with E-state index in [9.17, 15) is 0 Å². The second kappa shape index (κ2) is 4.48. The molecule has 0 atom stereocenters. The van der Waals surface area contributed by atoms with Gasteiger partial charge in [-0.2, -0.15) is 0 Å². The Balaban J connectivity index is 2.43. The van der Waals surface area contributed by atoms with E-state index in [1.807, 2.05) is 19.0 Å². The Morgan fingerprint density at radius 2 is 1.58 bits per heavy atom. The van der Waals surface area contributed by atoms with Gasteiger partial charge in [0, 0.05) is 20.0 Å². The Hall–Kier alpha value is -0.530. The van der Waals surface area contributed by atoms with Gasteiger partial charge in [-0.3, -0.25) is 5.41 Å². The van der Waals surface area contributed by atoms with Crippen molar-refractivity contribution in [1.82, 2.24) is 4.90 Å². The van der Waals surface area contributed by atoms with Gasteiger partial charge in [0.1, 0.15) is 0 Å². The van der Waals surface area contributed by atoms with Crippen molar-refractivity contribution in [1.29, 1.82) is 5.41 Å². The zero-order valence-electron chi connectivity index (χ0n) is 8.27. The summed E-state index contributed by atoms with van der Waals surface area (Å²) in [6.07, 6.45) is 7.85. The van der Waals surface area contributed by atoms with E-state index in [4.69, 9.17) is 5.41 Å². The summed E-state index contributed by atoms with van der Waals surface area (Å²) in [5.74, 6) is 1.37. The Morgan fingerprint density at radius 3 is 2.00 bits per heavy atom. The van der Waals surface area contributed by atoms with Crippen LogP contribution in [-0.2, 0) is 0 Å². The van der Waals surface area contributed by atoms with Crippen molar-refractivity contribution in [3.8, 4) is 0 Å². The molecule has 1 fully saturated rings. The molecule has 12 heavy (non-hydrogen) atoms. The van der Waals surface area contributed by atoms with Gasteiger partial charge in [0.25, 0.3) is 0 Å². The van der Waals surface area contributed by atoms with Crippen molar-refractivity contribution >= 4 is 5.84 Å². The first kappa shape index (κ1) is 9.56. The first-order chi connectivity index (χ1) is 5.72. The lowest BCUT2D eigenvalue weighted by molar-refractivity contribution is 0.497. The molecule has 0 spiro atoms. The van der Waals surface area contributed by atoms with E-state index in [2.05, 4.69) is 0 Å². The Kier molecular flexibility index (Phi) is 3.57. The molecule has 0 heterocycles. The number of amidine groups is 1. The molecule has 0 aliphatic heterocycles. The van der Waals surface area contributed by atoms with Gasteiger partial charge in [-0.1, -0.05) is 25.7 Å². The van der Waals surface area contributed by atoms with Crippen LogP contribution in [0.1, 0.15) is 38.5 Å². The lowest BCUT2D eigenvalue weighted by Crippen LogP contribution is -2.28. The third kappa shape index (κ3) is 2.50. The molecule has 0 aromatic heterocycles. The minimum atomic E-state index is 0.544. The quantitative estimate of drug-likeness (QED) is 0.363. The van der Waals surface area contributed by atoms with Crippen molar-refractivity contribution in [2.24, 2.45) is 5.92 Å². The fourth-order valence-corrected chi connectivity index (χ4v) is 1.92. The minimum Gasteiger partial charge on any atom is -0.366 e. The Morgan fingerprint density at radius 1 is 1.08 bits per heavy atom.